The van der Waals surface area contributed by atoms with E-state index in [4.69, 9.17) is 0 Å². The lowest BCUT2D eigenvalue weighted by Crippen LogP contribution is -2.41. The van der Waals surface area contributed by atoms with E-state index in [0.717, 1.165) is 12.8 Å². The zero-order valence-corrected chi connectivity index (χ0v) is 13.5. The smallest absolute Gasteiger partial charge is 0.225 e. The molecule has 0 aliphatic heterocycles. The Morgan fingerprint density at radius 2 is 1.53 bits per heavy atom. The average Bonchev–Trinajstić information content (AvgIpc) is 2.21. The topological polar surface area (TPSA) is 58.2 Å². The van der Waals surface area contributed by atoms with Crippen molar-refractivity contribution >= 4 is 11.8 Å². The second-order valence-corrected chi connectivity index (χ2v) is 7.12. The van der Waals surface area contributed by atoms with Gasteiger partial charge in [-0.05, 0) is 26.7 Å². The maximum absolute atomic E-state index is 12.0. The van der Waals surface area contributed by atoms with Crippen LogP contribution in [0.25, 0.3) is 0 Å². The van der Waals surface area contributed by atoms with Crippen LogP contribution in [-0.4, -0.2) is 24.4 Å². The lowest BCUT2D eigenvalue weighted by Gasteiger charge is -2.25. The van der Waals surface area contributed by atoms with E-state index in [1.807, 2.05) is 48.5 Å². The molecule has 0 aromatic heterocycles. The van der Waals surface area contributed by atoms with E-state index in [0.29, 0.717) is 6.54 Å². The van der Waals surface area contributed by atoms with Gasteiger partial charge in [0.1, 0.15) is 0 Å². The maximum atomic E-state index is 12.0. The Morgan fingerprint density at radius 3 is 1.95 bits per heavy atom. The summed E-state index contributed by atoms with van der Waals surface area (Å²) >= 11 is 0. The van der Waals surface area contributed by atoms with E-state index in [1.54, 1.807) is 0 Å². The third-order valence-corrected chi connectivity index (χ3v) is 2.98. The lowest BCUT2D eigenvalue weighted by atomic mass is 9.86. The number of amides is 2. The molecule has 4 nitrogen and oxygen atoms in total. The number of nitrogens with one attached hydrogen (secondary N) is 2. The highest BCUT2D eigenvalue weighted by Crippen LogP contribution is 2.22. The summed E-state index contributed by atoms with van der Waals surface area (Å²) in [6.07, 6.45) is 1.57. The molecule has 0 radical (unpaired) electrons. The first-order valence-corrected chi connectivity index (χ1v) is 7.06. The van der Waals surface area contributed by atoms with Crippen LogP contribution < -0.4 is 10.6 Å². The fourth-order valence-corrected chi connectivity index (χ4v) is 1.57. The Bertz CT molecular complexity index is 315. The molecule has 0 rings (SSSR count). The molecule has 0 fully saturated rings. The fourth-order valence-electron chi connectivity index (χ4n) is 1.57. The zero-order valence-electron chi connectivity index (χ0n) is 13.5. The van der Waals surface area contributed by atoms with Gasteiger partial charge in [-0.15, -0.1) is 0 Å². The fraction of sp³-hybridized carbons (Fsp3) is 0.867. The van der Waals surface area contributed by atoms with Crippen molar-refractivity contribution in [1.29, 1.82) is 0 Å². The Hall–Kier alpha value is -1.06. The molecule has 0 unspecified atom stereocenters. The maximum Gasteiger partial charge on any atom is 0.225 e. The van der Waals surface area contributed by atoms with Crippen molar-refractivity contribution in [1.82, 2.24) is 10.6 Å². The first-order valence-electron chi connectivity index (χ1n) is 7.06. The molecule has 0 spiro atoms. The monoisotopic (exact) mass is 270 g/mol. The minimum absolute atomic E-state index is 0.0527. The van der Waals surface area contributed by atoms with Crippen LogP contribution in [-0.2, 0) is 9.59 Å². The standard InChI is InChI=1S/C15H30N2O2/c1-11(2)17-13(19)15(6,7)9-8-10-16-12(18)14(3,4)5/h11H,8-10H2,1-7H3,(H,16,18)(H,17,19). The molecule has 0 saturated heterocycles. The molecule has 0 heterocycles. The van der Waals surface area contributed by atoms with Crippen molar-refractivity contribution in [2.24, 2.45) is 10.8 Å². The number of rotatable bonds is 6. The molecule has 112 valence electrons. The number of hydrogen-bond acceptors (Lipinski definition) is 2. The quantitative estimate of drug-likeness (QED) is 0.728. The van der Waals surface area contributed by atoms with Gasteiger partial charge in [-0.2, -0.15) is 0 Å². The van der Waals surface area contributed by atoms with Gasteiger partial charge in [0, 0.05) is 23.4 Å². The normalized spacial score (nSPS) is 12.4. The second kappa shape index (κ2) is 6.92. The summed E-state index contributed by atoms with van der Waals surface area (Å²) < 4.78 is 0. The summed E-state index contributed by atoms with van der Waals surface area (Å²) in [4.78, 5) is 23.6. The number of carbonyl (C=O) groups excluding carboxylic acids is 2. The summed E-state index contributed by atoms with van der Waals surface area (Å²) in [5.74, 6) is 0.126. The molecule has 0 aliphatic rings. The van der Waals surface area contributed by atoms with Gasteiger partial charge in [0.2, 0.25) is 11.8 Å². The number of carbonyl (C=O) groups is 2. The van der Waals surface area contributed by atoms with E-state index in [1.165, 1.54) is 0 Å². The molecule has 19 heavy (non-hydrogen) atoms. The largest absolute Gasteiger partial charge is 0.356 e. The number of hydrogen-bond donors (Lipinski definition) is 2. The van der Waals surface area contributed by atoms with Crippen LogP contribution in [0.5, 0.6) is 0 Å². The Balaban J connectivity index is 4.06. The molecule has 2 amide bonds. The molecular formula is C15H30N2O2. The van der Waals surface area contributed by atoms with E-state index in [-0.39, 0.29) is 23.3 Å². The SMILES string of the molecule is CC(C)NC(=O)C(C)(C)CCCNC(=O)C(C)(C)C. The Labute approximate surface area is 117 Å². The lowest BCUT2D eigenvalue weighted by molar-refractivity contribution is -0.130. The van der Waals surface area contributed by atoms with Crippen LogP contribution in [0.1, 0.15) is 61.3 Å². The first-order chi connectivity index (χ1) is 8.47. The van der Waals surface area contributed by atoms with Crippen molar-refractivity contribution in [2.45, 2.75) is 67.3 Å². The van der Waals surface area contributed by atoms with Crippen molar-refractivity contribution in [3.8, 4) is 0 Å². The summed E-state index contributed by atoms with van der Waals surface area (Å²) in [5, 5.41) is 5.83. The summed E-state index contributed by atoms with van der Waals surface area (Å²) in [7, 11) is 0. The molecule has 0 aromatic rings. The van der Waals surface area contributed by atoms with Gasteiger partial charge in [0.15, 0.2) is 0 Å². The predicted molar refractivity (Wildman–Crippen MR) is 78.8 cm³/mol. The van der Waals surface area contributed by atoms with Gasteiger partial charge < -0.3 is 10.6 Å². The van der Waals surface area contributed by atoms with Crippen LogP contribution in [0.3, 0.4) is 0 Å². The van der Waals surface area contributed by atoms with E-state index < -0.39 is 5.41 Å². The van der Waals surface area contributed by atoms with E-state index in [2.05, 4.69) is 10.6 Å². The van der Waals surface area contributed by atoms with Crippen molar-refractivity contribution in [3.63, 3.8) is 0 Å². The highest BCUT2D eigenvalue weighted by molar-refractivity contribution is 5.82. The summed E-state index contributed by atoms with van der Waals surface area (Å²) in [5.41, 5.74) is -0.749. The highest BCUT2D eigenvalue weighted by Gasteiger charge is 2.27. The molecule has 0 bridgehead atoms. The first kappa shape index (κ1) is 17.9. The van der Waals surface area contributed by atoms with Crippen molar-refractivity contribution in [3.05, 3.63) is 0 Å². The Morgan fingerprint density at radius 1 is 1.00 bits per heavy atom. The van der Waals surface area contributed by atoms with Crippen molar-refractivity contribution in [2.75, 3.05) is 6.54 Å². The molecule has 2 N–H and O–H groups in total. The van der Waals surface area contributed by atoms with Gasteiger partial charge in [-0.1, -0.05) is 34.6 Å². The van der Waals surface area contributed by atoms with Crippen LogP contribution in [0.15, 0.2) is 0 Å². The molecule has 0 aliphatic carbocycles. The predicted octanol–water partition coefficient (Wildman–Crippen LogP) is 2.48. The molecule has 0 aromatic carbocycles. The molecular weight excluding hydrogens is 240 g/mol. The zero-order chi connectivity index (χ0) is 15.3. The van der Waals surface area contributed by atoms with Gasteiger partial charge in [-0.25, -0.2) is 0 Å². The summed E-state index contributed by atoms with van der Waals surface area (Å²) in [6.45, 7) is 14.1. The van der Waals surface area contributed by atoms with Crippen LogP contribution in [0.2, 0.25) is 0 Å². The summed E-state index contributed by atoms with van der Waals surface area (Å²) in [6, 6.07) is 0.160. The van der Waals surface area contributed by atoms with Gasteiger partial charge in [-0.3, -0.25) is 9.59 Å². The van der Waals surface area contributed by atoms with E-state index >= 15 is 0 Å². The van der Waals surface area contributed by atoms with Crippen molar-refractivity contribution < 1.29 is 9.59 Å². The minimum atomic E-state index is -0.392. The van der Waals surface area contributed by atoms with Gasteiger partial charge in [0.05, 0.1) is 0 Å². The third-order valence-electron chi connectivity index (χ3n) is 2.98. The highest BCUT2D eigenvalue weighted by atomic mass is 16.2. The second-order valence-electron chi connectivity index (χ2n) is 7.12. The average molecular weight is 270 g/mol. The molecule has 0 atom stereocenters. The van der Waals surface area contributed by atoms with Gasteiger partial charge >= 0.3 is 0 Å². The Kier molecular flexibility index (Phi) is 6.53. The van der Waals surface area contributed by atoms with Crippen LogP contribution in [0.4, 0.5) is 0 Å². The molecule has 0 saturated carbocycles. The third kappa shape index (κ3) is 7.19. The van der Waals surface area contributed by atoms with Gasteiger partial charge in [0.25, 0.3) is 0 Å². The van der Waals surface area contributed by atoms with Crippen LogP contribution >= 0.6 is 0 Å². The van der Waals surface area contributed by atoms with Crippen LogP contribution in [0, 0.1) is 10.8 Å². The molecule has 4 heteroatoms. The van der Waals surface area contributed by atoms with E-state index in [9.17, 15) is 9.59 Å². The minimum Gasteiger partial charge on any atom is -0.356 e.